The van der Waals surface area contributed by atoms with Gasteiger partial charge in [0.1, 0.15) is 0 Å². The van der Waals surface area contributed by atoms with Gasteiger partial charge in [-0.05, 0) is 40.3 Å². The molecule has 1 unspecified atom stereocenters. The molecule has 0 aromatic rings. The van der Waals surface area contributed by atoms with E-state index in [0.717, 1.165) is 5.92 Å². The summed E-state index contributed by atoms with van der Waals surface area (Å²) in [6.45, 7) is 6.90. The minimum absolute atomic E-state index is 0.397. The number of hydrogen-bond acceptors (Lipinski definition) is 0. The van der Waals surface area contributed by atoms with E-state index >= 15 is 0 Å². The Hall–Kier alpha value is 0.210. The topological polar surface area (TPSA) is 0 Å². The van der Waals surface area contributed by atoms with Crippen LogP contribution in [0.3, 0.4) is 0 Å². The Bertz CT molecular complexity index is 201. The van der Waals surface area contributed by atoms with Crippen molar-refractivity contribution in [2.75, 3.05) is 0 Å². The zero-order valence-corrected chi connectivity index (χ0v) is 9.55. The van der Waals surface area contributed by atoms with Crippen LogP contribution in [0.1, 0.15) is 27.2 Å². The van der Waals surface area contributed by atoms with Gasteiger partial charge in [-0.3, -0.25) is 0 Å². The monoisotopic (exact) mass is 262 g/mol. The van der Waals surface area contributed by atoms with E-state index in [4.69, 9.17) is 0 Å². The standard InChI is InChI=1S/C10H15I/c1-8(2)10(3)6-4-9(11)5-7-10/h4-6,8H,7H2,1-3H3. The van der Waals surface area contributed by atoms with Crippen LogP contribution in [-0.2, 0) is 0 Å². The fraction of sp³-hybridized carbons (Fsp3) is 0.600. The lowest BCUT2D eigenvalue weighted by Crippen LogP contribution is -2.21. The third-order valence-electron chi connectivity index (χ3n) is 2.68. The molecule has 1 rings (SSSR count). The zero-order valence-electron chi connectivity index (χ0n) is 7.39. The first kappa shape index (κ1) is 9.30. The Kier molecular flexibility index (Phi) is 2.79. The number of hydrogen-bond donors (Lipinski definition) is 0. The van der Waals surface area contributed by atoms with Gasteiger partial charge in [0, 0.05) is 3.58 Å². The molecule has 1 aliphatic rings. The highest BCUT2D eigenvalue weighted by Crippen LogP contribution is 2.37. The summed E-state index contributed by atoms with van der Waals surface area (Å²) in [5.41, 5.74) is 0.397. The van der Waals surface area contributed by atoms with Gasteiger partial charge in [0.2, 0.25) is 0 Å². The first-order valence-corrected chi connectivity index (χ1v) is 5.17. The molecule has 0 saturated carbocycles. The zero-order chi connectivity index (χ0) is 8.48. The minimum atomic E-state index is 0.397. The second-order valence-electron chi connectivity index (χ2n) is 3.79. The van der Waals surface area contributed by atoms with Crippen molar-refractivity contribution in [3.63, 3.8) is 0 Å². The average Bonchev–Trinajstić information content (AvgIpc) is 1.95. The summed E-state index contributed by atoms with van der Waals surface area (Å²) >= 11 is 2.37. The predicted molar refractivity (Wildman–Crippen MR) is 58.8 cm³/mol. The molecule has 0 nitrogen and oxygen atoms in total. The summed E-state index contributed by atoms with van der Waals surface area (Å²) in [7, 11) is 0. The van der Waals surface area contributed by atoms with Gasteiger partial charge in [0.25, 0.3) is 0 Å². The Morgan fingerprint density at radius 3 is 2.55 bits per heavy atom. The van der Waals surface area contributed by atoms with E-state index in [1.807, 2.05) is 0 Å². The maximum Gasteiger partial charge on any atom is 0.00873 e. The lowest BCUT2D eigenvalue weighted by molar-refractivity contribution is 0.299. The van der Waals surface area contributed by atoms with Crippen molar-refractivity contribution >= 4 is 22.6 Å². The molecule has 0 fully saturated rings. The molecule has 1 heteroatoms. The summed E-state index contributed by atoms with van der Waals surface area (Å²) < 4.78 is 1.38. The largest absolute Gasteiger partial charge is 0.0770 e. The smallest absolute Gasteiger partial charge is 0.00873 e. The highest BCUT2D eigenvalue weighted by molar-refractivity contribution is 14.1. The summed E-state index contributed by atoms with van der Waals surface area (Å²) in [6, 6.07) is 0. The Labute approximate surface area is 82.9 Å². The van der Waals surface area contributed by atoms with Crippen molar-refractivity contribution in [1.82, 2.24) is 0 Å². The molecule has 0 aromatic carbocycles. The van der Waals surface area contributed by atoms with E-state index in [2.05, 4.69) is 61.6 Å². The molecule has 0 N–H and O–H groups in total. The minimum Gasteiger partial charge on any atom is -0.0770 e. The van der Waals surface area contributed by atoms with E-state index in [1.165, 1.54) is 10.0 Å². The Morgan fingerprint density at radius 1 is 1.55 bits per heavy atom. The van der Waals surface area contributed by atoms with E-state index in [0.29, 0.717) is 5.41 Å². The van der Waals surface area contributed by atoms with E-state index < -0.39 is 0 Å². The highest BCUT2D eigenvalue weighted by Gasteiger charge is 2.25. The summed E-state index contributed by atoms with van der Waals surface area (Å²) in [4.78, 5) is 0. The van der Waals surface area contributed by atoms with Crippen LogP contribution < -0.4 is 0 Å². The Balaban J connectivity index is 2.74. The maximum atomic E-state index is 2.37. The average molecular weight is 262 g/mol. The van der Waals surface area contributed by atoms with Crippen molar-refractivity contribution in [2.45, 2.75) is 27.2 Å². The second kappa shape index (κ2) is 3.30. The molecule has 1 atom stereocenters. The lowest BCUT2D eigenvalue weighted by Gasteiger charge is -2.31. The van der Waals surface area contributed by atoms with Gasteiger partial charge in [-0.2, -0.15) is 0 Å². The molecule has 0 aromatic heterocycles. The van der Waals surface area contributed by atoms with Crippen molar-refractivity contribution in [1.29, 1.82) is 0 Å². The van der Waals surface area contributed by atoms with Gasteiger partial charge in [-0.25, -0.2) is 0 Å². The SMILES string of the molecule is CC(C)C1(C)C=CC(I)=CC1. The normalized spacial score (nSPS) is 30.8. The van der Waals surface area contributed by atoms with Gasteiger partial charge < -0.3 is 0 Å². The van der Waals surface area contributed by atoms with Crippen LogP contribution in [0, 0.1) is 11.3 Å². The van der Waals surface area contributed by atoms with Crippen LogP contribution in [0.15, 0.2) is 21.8 Å². The molecule has 0 heterocycles. The van der Waals surface area contributed by atoms with E-state index in [9.17, 15) is 0 Å². The van der Waals surface area contributed by atoms with Crippen LogP contribution in [0.5, 0.6) is 0 Å². The van der Waals surface area contributed by atoms with Crippen LogP contribution >= 0.6 is 22.6 Å². The van der Waals surface area contributed by atoms with Gasteiger partial charge in [-0.1, -0.05) is 39.0 Å². The summed E-state index contributed by atoms with van der Waals surface area (Å²) in [5, 5.41) is 0. The van der Waals surface area contributed by atoms with Crippen LogP contribution in [0.2, 0.25) is 0 Å². The molecule has 0 bridgehead atoms. The maximum absolute atomic E-state index is 2.37. The molecule has 62 valence electrons. The van der Waals surface area contributed by atoms with E-state index in [-0.39, 0.29) is 0 Å². The van der Waals surface area contributed by atoms with Crippen LogP contribution in [0.4, 0.5) is 0 Å². The van der Waals surface area contributed by atoms with Gasteiger partial charge >= 0.3 is 0 Å². The van der Waals surface area contributed by atoms with Crippen molar-refractivity contribution in [2.24, 2.45) is 11.3 Å². The Morgan fingerprint density at radius 2 is 2.18 bits per heavy atom. The van der Waals surface area contributed by atoms with E-state index in [1.54, 1.807) is 0 Å². The third-order valence-corrected chi connectivity index (χ3v) is 3.48. The van der Waals surface area contributed by atoms with Gasteiger partial charge in [0.05, 0.1) is 0 Å². The molecule has 0 amide bonds. The molecule has 11 heavy (non-hydrogen) atoms. The molecule has 0 aliphatic heterocycles. The third kappa shape index (κ3) is 2.08. The second-order valence-corrected chi connectivity index (χ2v) is 5.03. The van der Waals surface area contributed by atoms with Crippen LogP contribution in [-0.4, -0.2) is 0 Å². The first-order valence-electron chi connectivity index (χ1n) is 4.09. The number of allylic oxidation sites excluding steroid dienone is 4. The number of halogens is 1. The van der Waals surface area contributed by atoms with Crippen molar-refractivity contribution < 1.29 is 0 Å². The molecular weight excluding hydrogens is 247 g/mol. The highest BCUT2D eigenvalue weighted by atomic mass is 127. The first-order chi connectivity index (χ1) is 5.04. The molecule has 0 spiro atoms. The molecular formula is C10H15I. The summed E-state index contributed by atoms with van der Waals surface area (Å²) in [5.74, 6) is 0.736. The predicted octanol–water partition coefficient (Wildman–Crippen LogP) is 3.93. The molecule has 1 aliphatic carbocycles. The quantitative estimate of drug-likeness (QED) is 0.628. The van der Waals surface area contributed by atoms with Crippen molar-refractivity contribution in [3.05, 3.63) is 21.8 Å². The fourth-order valence-electron chi connectivity index (χ4n) is 1.15. The molecule has 0 radical (unpaired) electrons. The fourth-order valence-corrected chi connectivity index (χ4v) is 1.55. The summed E-state index contributed by atoms with van der Waals surface area (Å²) in [6.07, 6.45) is 8.09. The lowest BCUT2D eigenvalue weighted by atomic mass is 9.74. The van der Waals surface area contributed by atoms with Gasteiger partial charge in [-0.15, -0.1) is 0 Å². The van der Waals surface area contributed by atoms with Gasteiger partial charge in [0.15, 0.2) is 0 Å². The van der Waals surface area contributed by atoms with Crippen molar-refractivity contribution in [3.8, 4) is 0 Å². The number of rotatable bonds is 1. The van der Waals surface area contributed by atoms with Crippen LogP contribution in [0.25, 0.3) is 0 Å². The molecule has 0 saturated heterocycles.